The third-order valence-electron chi connectivity index (χ3n) is 4.96. The molecule has 6 heteroatoms. The summed E-state index contributed by atoms with van der Waals surface area (Å²) < 4.78 is 31.0. The highest BCUT2D eigenvalue weighted by molar-refractivity contribution is 5.54. The summed E-state index contributed by atoms with van der Waals surface area (Å²) >= 11 is 0. The molecule has 28 heavy (non-hydrogen) atoms. The zero-order chi connectivity index (χ0) is 19.1. The molecule has 1 aromatic heterocycles. The van der Waals surface area contributed by atoms with Crippen LogP contribution < -0.4 is 14.2 Å². The molecule has 2 aromatic carbocycles. The summed E-state index contributed by atoms with van der Waals surface area (Å²) in [5.41, 5.74) is 4.08. The molecular weight excluding hydrogens is 359 g/mol. The van der Waals surface area contributed by atoms with Gasteiger partial charge in [-0.05, 0) is 36.8 Å². The number of hydrogen-bond donors (Lipinski definition) is 0. The number of halogens is 1. The Kier molecular flexibility index (Phi) is 4.13. The number of benzene rings is 2. The number of nitrogens with zero attached hydrogens (tertiary/aromatic N) is 2. The molecule has 0 N–H and O–H groups in total. The molecule has 0 atom stereocenters. The number of hydrogen-bond acceptors (Lipinski definition) is 5. The first-order valence-electron chi connectivity index (χ1n) is 9.17. The zero-order valence-electron chi connectivity index (χ0n) is 15.4. The number of pyridine rings is 1. The molecule has 2 aliphatic heterocycles. The van der Waals surface area contributed by atoms with Gasteiger partial charge in [0.2, 0.25) is 6.79 Å². The van der Waals surface area contributed by atoms with Gasteiger partial charge in [0, 0.05) is 54.8 Å². The third-order valence-corrected chi connectivity index (χ3v) is 4.96. The van der Waals surface area contributed by atoms with E-state index in [0.29, 0.717) is 36.1 Å². The fourth-order valence-electron chi connectivity index (χ4n) is 3.67. The van der Waals surface area contributed by atoms with Crippen molar-refractivity contribution in [3.8, 4) is 23.0 Å². The number of fused-ring (bicyclic) bond motifs is 3. The van der Waals surface area contributed by atoms with Gasteiger partial charge in [0.25, 0.3) is 0 Å². The van der Waals surface area contributed by atoms with Crippen molar-refractivity contribution < 1.29 is 18.6 Å². The molecule has 0 spiro atoms. The molecule has 0 saturated carbocycles. The Morgan fingerprint density at radius 1 is 0.929 bits per heavy atom. The number of aryl methyl sites for hydroxylation is 1. The van der Waals surface area contributed by atoms with Gasteiger partial charge in [0.05, 0.1) is 0 Å². The minimum Gasteiger partial charge on any atom is -0.456 e. The van der Waals surface area contributed by atoms with Crippen molar-refractivity contribution in [1.29, 1.82) is 0 Å². The lowest BCUT2D eigenvalue weighted by atomic mass is 10.1. The quantitative estimate of drug-likeness (QED) is 0.654. The second-order valence-electron chi connectivity index (χ2n) is 7.12. The van der Waals surface area contributed by atoms with Crippen LogP contribution >= 0.6 is 0 Å². The molecule has 0 fully saturated rings. The van der Waals surface area contributed by atoms with Gasteiger partial charge in [-0.3, -0.25) is 9.88 Å². The van der Waals surface area contributed by atoms with Gasteiger partial charge in [0.15, 0.2) is 11.5 Å². The smallest absolute Gasteiger partial charge is 0.231 e. The Labute approximate surface area is 162 Å². The van der Waals surface area contributed by atoms with Crippen LogP contribution in [0.5, 0.6) is 23.0 Å². The Morgan fingerprint density at radius 3 is 2.57 bits per heavy atom. The summed E-state index contributed by atoms with van der Waals surface area (Å²) in [5, 5.41) is 0. The van der Waals surface area contributed by atoms with Crippen molar-refractivity contribution >= 4 is 0 Å². The van der Waals surface area contributed by atoms with Crippen LogP contribution in [0.15, 0.2) is 48.7 Å². The standard InChI is InChI=1S/C22H19FN2O3/c1-14-6-15(4-5-24-14)10-25-11-16-2-3-18(23)8-19(16)28-20-9-22-21(26-13-27-22)7-17(20)12-25/h2-9H,10-13H2,1H3. The van der Waals surface area contributed by atoms with Gasteiger partial charge >= 0.3 is 0 Å². The third kappa shape index (κ3) is 3.27. The van der Waals surface area contributed by atoms with Gasteiger partial charge in [-0.2, -0.15) is 0 Å². The first-order chi connectivity index (χ1) is 13.6. The van der Waals surface area contributed by atoms with Crippen LogP contribution in [-0.4, -0.2) is 16.7 Å². The monoisotopic (exact) mass is 378 g/mol. The Bertz CT molecular complexity index is 1050. The first kappa shape index (κ1) is 17.0. The predicted molar refractivity (Wildman–Crippen MR) is 101 cm³/mol. The second kappa shape index (κ2) is 6.80. The predicted octanol–water partition coefficient (Wildman–Crippen LogP) is 4.57. The normalized spacial score (nSPS) is 15.2. The molecular formula is C22H19FN2O3. The number of aromatic nitrogens is 1. The van der Waals surface area contributed by atoms with E-state index >= 15 is 0 Å². The van der Waals surface area contributed by atoms with Crippen LogP contribution in [0, 0.1) is 12.7 Å². The fraction of sp³-hybridized carbons (Fsp3) is 0.227. The van der Waals surface area contributed by atoms with Crippen molar-refractivity contribution in [2.75, 3.05) is 6.79 Å². The largest absolute Gasteiger partial charge is 0.456 e. The summed E-state index contributed by atoms with van der Waals surface area (Å²) in [5.74, 6) is 2.22. The van der Waals surface area contributed by atoms with Crippen LogP contribution in [0.25, 0.3) is 0 Å². The average Bonchev–Trinajstić information content (AvgIpc) is 3.10. The van der Waals surface area contributed by atoms with E-state index in [1.807, 2.05) is 31.3 Å². The SMILES string of the molecule is Cc1cc(CN2Cc3ccc(F)cc3Oc3cc4c(cc3C2)OCO4)ccn1. The van der Waals surface area contributed by atoms with Crippen LogP contribution in [0.4, 0.5) is 4.39 Å². The minimum absolute atomic E-state index is 0.198. The average molecular weight is 378 g/mol. The molecule has 5 rings (SSSR count). The van der Waals surface area contributed by atoms with Crippen LogP contribution in [0.2, 0.25) is 0 Å². The van der Waals surface area contributed by atoms with E-state index < -0.39 is 0 Å². The maximum atomic E-state index is 13.9. The summed E-state index contributed by atoms with van der Waals surface area (Å²) in [7, 11) is 0. The van der Waals surface area contributed by atoms with Crippen molar-refractivity contribution in [3.63, 3.8) is 0 Å². The summed E-state index contributed by atoms with van der Waals surface area (Å²) in [6.45, 7) is 4.24. The fourth-order valence-corrected chi connectivity index (χ4v) is 3.67. The van der Waals surface area contributed by atoms with Crippen molar-refractivity contribution in [3.05, 3.63) is 76.9 Å². The highest BCUT2D eigenvalue weighted by atomic mass is 19.1. The van der Waals surface area contributed by atoms with Gasteiger partial charge in [-0.15, -0.1) is 0 Å². The molecule has 0 unspecified atom stereocenters. The van der Waals surface area contributed by atoms with Crippen molar-refractivity contribution in [1.82, 2.24) is 9.88 Å². The van der Waals surface area contributed by atoms with Crippen LogP contribution in [-0.2, 0) is 19.6 Å². The minimum atomic E-state index is -0.321. The summed E-state index contributed by atoms with van der Waals surface area (Å²) in [4.78, 5) is 6.58. The van der Waals surface area contributed by atoms with Gasteiger partial charge in [-0.1, -0.05) is 6.07 Å². The van der Waals surface area contributed by atoms with E-state index in [-0.39, 0.29) is 12.6 Å². The van der Waals surface area contributed by atoms with E-state index in [1.165, 1.54) is 17.7 Å². The maximum absolute atomic E-state index is 13.9. The van der Waals surface area contributed by atoms with Crippen LogP contribution in [0.3, 0.4) is 0 Å². The lowest BCUT2D eigenvalue weighted by Gasteiger charge is -2.28. The number of ether oxygens (including phenoxy) is 3. The molecule has 0 aliphatic carbocycles. The highest BCUT2D eigenvalue weighted by Gasteiger charge is 2.24. The topological polar surface area (TPSA) is 43.8 Å². The molecule has 0 bridgehead atoms. The summed E-state index contributed by atoms with van der Waals surface area (Å²) in [6, 6.07) is 12.6. The van der Waals surface area contributed by atoms with Crippen molar-refractivity contribution in [2.45, 2.75) is 26.6 Å². The van der Waals surface area contributed by atoms with E-state index in [0.717, 1.165) is 23.4 Å². The lowest BCUT2D eigenvalue weighted by Crippen LogP contribution is -2.24. The molecule has 3 aromatic rings. The van der Waals surface area contributed by atoms with Gasteiger partial charge < -0.3 is 14.2 Å². The van der Waals surface area contributed by atoms with E-state index in [1.54, 1.807) is 6.07 Å². The van der Waals surface area contributed by atoms with Gasteiger partial charge in [0.1, 0.15) is 17.3 Å². The number of rotatable bonds is 2. The molecule has 142 valence electrons. The molecule has 5 nitrogen and oxygen atoms in total. The second-order valence-corrected chi connectivity index (χ2v) is 7.12. The molecule has 0 radical (unpaired) electrons. The molecule has 0 saturated heterocycles. The summed E-state index contributed by atoms with van der Waals surface area (Å²) in [6.07, 6.45) is 1.83. The Hall–Kier alpha value is -3.12. The lowest BCUT2D eigenvalue weighted by molar-refractivity contribution is 0.174. The van der Waals surface area contributed by atoms with Crippen LogP contribution in [0.1, 0.15) is 22.4 Å². The first-order valence-corrected chi connectivity index (χ1v) is 9.17. The van der Waals surface area contributed by atoms with Gasteiger partial charge in [-0.25, -0.2) is 4.39 Å². The molecule has 2 aliphatic rings. The Balaban J connectivity index is 1.56. The maximum Gasteiger partial charge on any atom is 0.231 e. The van der Waals surface area contributed by atoms with E-state index in [9.17, 15) is 4.39 Å². The molecule has 3 heterocycles. The van der Waals surface area contributed by atoms with E-state index in [2.05, 4.69) is 16.0 Å². The highest BCUT2D eigenvalue weighted by Crippen LogP contribution is 2.42. The zero-order valence-corrected chi connectivity index (χ0v) is 15.4. The van der Waals surface area contributed by atoms with E-state index in [4.69, 9.17) is 14.2 Å². The van der Waals surface area contributed by atoms with Crippen molar-refractivity contribution in [2.24, 2.45) is 0 Å². The molecule has 0 amide bonds. The Morgan fingerprint density at radius 2 is 1.71 bits per heavy atom.